The number of alkyl halides is 2. The number of allylic oxidation sites excluding steroid dienone is 1. The Hall–Kier alpha value is 1.24. The van der Waals surface area contributed by atoms with Gasteiger partial charge in [0, 0.05) is 9.30 Å². The number of rotatable bonds is 0. The zero-order chi connectivity index (χ0) is 28.0. The van der Waals surface area contributed by atoms with E-state index in [9.17, 15) is 8.78 Å². The van der Waals surface area contributed by atoms with Crippen molar-refractivity contribution >= 4 is 55.0 Å². The molecule has 0 nitrogen and oxygen atoms in total. The van der Waals surface area contributed by atoms with Gasteiger partial charge in [-0.2, -0.15) is 0 Å². The molecule has 5 rings (SSSR count). The first-order chi connectivity index (χ1) is 17.3. The van der Waals surface area contributed by atoms with Crippen LogP contribution in [0.3, 0.4) is 0 Å². The van der Waals surface area contributed by atoms with E-state index in [-0.39, 0.29) is 28.1 Å². The first-order valence-electron chi connectivity index (χ1n) is 13.7. The molecule has 1 aromatic rings. The van der Waals surface area contributed by atoms with Gasteiger partial charge in [-0.3, -0.25) is 0 Å². The molecule has 0 saturated heterocycles. The second kappa shape index (κ2) is 20.3. The summed E-state index contributed by atoms with van der Waals surface area (Å²) in [7, 11) is 9.87. The molecule has 5 unspecified atom stereocenters. The number of benzene rings is 1. The molecule has 0 heterocycles. The van der Waals surface area contributed by atoms with Crippen LogP contribution in [0.4, 0.5) is 8.78 Å². The van der Waals surface area contributed by atoms with Crippen LogP contribution in [0.2, 0.25) is 0 Å². The summed E-state index contributed by atoms with van der Waals surface area (Å²) < 4.78 is 26.9. The Balaban J connectivity index is 0. The number of hydrogen-bond acceptors (Lipinski definition) is 0. The SMILES string of the molecule is C.CC1=Cc2cc(F)cc(Br)c2C1.CC1C(C)C(C)C(C)C1C.CC1CC2CC(F)CC(Br)C2C1.[CH3-].[CH3-].[Cl][Zr+2][Cl]. The van der Waals surface area contributed by atoms with Gasteiger partial charge in [-0.15, -0.1) is 0 Å². The predicted molar refractivity (Wildman–Crippen MR) is 181 cm³/mol. The molecular weight excluding hydrogens is 756 g/mol. The molecule has 0 spiro atoms. The topological polar surface area (TPSA) is 0 Å². The van der Waals surface area contributed by atoms with Crippen LogP contribution >= 0.6 is 48.9 Å². The van der Waals surface area contributed by atoms with Gasteiger partial charge >= 0.3 is 37.9 Å². The summed E-state index contributed by atoms with van der Waals surface area (Å²) in [6, 6.07) is 3.10. The van der Waals surface area contributed by atoms with Gasteiger partial charge in [0.05, 0.1) is 0 Å². The molecule has 4 aliphatic carbocycles. The molecule has 0 radical (unpaired) electrons. The molecule has 3 saturated carbocycles. The summed E-state index contributed by atoms with van der Waals surface area (Å²) >= 11 is 6.15. The van der Waals surface area contributed by atoms with Crippen LogP contribution in [0.15, 0.2) is 22.2 Å². The fourth-order valence-electron chi connectivity index (χ4n) is 6.93. The van der Waals surface area contributed by atoms with Gasteiger partial charge < -0.3 is 14.9 Å². The zero-order valence-corrected chi connectivity index (χ0v) is 32.5. The molecule has 4 aliphatic rings. The third-order valence-electron chi connectivity index (χ3n) is 9.69. The van der Waals surface area contributed by atoms with Crippen molar-refractivity contribution in [1.29, 1.82) is 0 Å². The van der Waals surface area contributed by atoms with Gasteiger partial charge in [0.25, 0.3) is 0 Å². The van der Waals surface area contributed by atoms with Gasteiger partial charge in [0.1, 0.15) is 12.0 Å². The van der Waals surface area contributed by atoms with Crippen LogP contribution < -0.4 is 0 Å². The Morgan fingerprint density at radius 2 is 1.32 bits per heavy atom. The van der Waals surface area contributed by atoms with Crippen molar-refractivity contribution in [2.24, 2.45) is 47.3 Å². The van der Waals surface area contributed by atoms with Crippen molar-refractivity contribution in [3.05, 3.63) is 54.0 Å². The van der Waals surface area contributed by atoms with E-state index < -0.39 is 27.0 Å². The van der Waals surface area contributed by atoms with E-state index in [1.807, 2.05) is 6.08 Å². The molecule has 0 N–H and O–H groups in total. The van der Waals surface area contributed by atoms with Crippen LogP contribution in [0.1, 0.15) is 92.7 Å². The van der Waals surface area contributed by atoms with Crippen molar-refractivity contribution in [3.8, 4) is 0 Å². The molecule has 1 aromatic carbocycles. The van der Waals surface area contributed by atoms with E-state index in [0.29, 0.717) is 10.7 Å². The van der Waals surface area contributed by atoms with E-state index >= 15 is 0 Å². The summed E-state index contributed by atoms with van der Waals surface area (Å²) in [4.78, 5) is 0.455. The average molecular weight is 811 g/mol. The van der Waals surface area contributed by atoms with E-state index in [2.05, 4.69) is 80.3 Å². The maximum absolute atomic E-state index is 13.2. The van der Waals surface area contributed by atoms with Crippen molar-refractivity contribution in [3.63, 3.8) is 0 Å². The Bertz CT molecular complexity index is 855. The van der Waals surface area contributed by atoms with Crippen molar-refractivity contribution < 1.29 is 29.6 Å². The van der Waals surface area contributed by atoms with Crippen LogP contribution in [0, 0.1) is 68.0 Å². The van der Waals surface area contributed by atoms with E-state index in [4.69, 9.17) is 17.0 Å². The second-order valence-corrected chi connectivity index (χ2v) is 17.8. The summed E-state index contributed by atoms with van der Waals surface area (Å²) in [5.41, 5.74) is 3.50. The van der Waals surface area contributed by atoms with Crippen LogP contribution in [0.25, 0.3) is 6.08 Å². The van der Waals surface area contributed by atoms with E-state index in [1.165, 1.54) is 30.0 Å². The van der Waals surface area contributed by atoms with Crippen LogP contribution in [-0.4, -0.2) is 11.0 Å². The second-order valence-electron chi connectivity index (χ2n) is 12.1. The van der Waals surface area contributed by atoms with Crippen molar-refractivity contribution in [1.82, 2.24) is 0 Å². The molecular formula is C33H54Br2Cl2F2Zr. The molecule has 232 valence electrons. The monoisotopic (exact) mass is 806 g/mol. The van der Waals surface area contributed by atoms with Crippen LogP contribution in [-0.2, 0) is 27.3 Å². The van der Waals surface area contributed by atoms with Gasteiger partial charge in [-0.25, -0.2) is 8.78 Å². The minimum absolute atomic E-state index is 0. The number of fused-ring (bicyclic) bond motifs is 2. The maximum atomic E-state index is 13.2. The third kappa shape index (κ3) is 12.0. The van der Waals surface area contributed by atoms with Gasteiger partial charge in [-0.1, -0.05) is 92.5 Å². The van der Waals surface area contributed by atoms with Gasteiger partial charge in [0.2, 0.25) is 0 Å². The molecule has 3 fully saturated rings. The molecule has 7 heteroatoms. The van der Waals surface area contributed by atoms with Gasteiger partial charge in [0.15, 0.2) is 0 Å². The molecule has 0 aliphatic heterocycles. The summed E-state index contributed by atoms with van der Waals surface area (Å²) in [6.45, 7) is 16.3. The van der Waals surface area contributed by atoms with Crippen molar-refractivity contribution in [2.45, 2.75) is 99.0 Å². The van der Waals surface area contributed by atoms with Gasteiger partial charge in [-0.05, 0) is 110 Å². The molecule has 5 atom stereocenters. The fraction of sp³-hybridized carbons (Fsp3) is 0.697. The molecule has 0 bridgehead atoms. The fourth-order valence-corrected chi connectivity index (χ4v) is 8.57. The molecule has 40 heavy (non-hydrogen) atoms. The quantitative estimate of drug-likeness (QED) is 0.181. The Morgan fingerprint density at radius 3 is 1.80 bits per heavy atom. The third-order valence-corrected chi connectivity index (χ3v) is 11.4. The van der Waals surface area contributed by atoms with E-state index in [1.54, 1.807) is 6.07 Å². The standard InChI is InChI=1S/C10H16BrF.C10H8BrF.C10H20.CH4.2CH3.2ClH.Zr/c2*1-6-2-7-4-8(12)5-10(11)9(7)3-6;1-6-7(2)9(4)10(5)8(6)3;;;;;;/h6-10H,2-5H2,1H3;2,4-5H,3H2,1H3;6-10H,1-5H3;1H4;2*1H3;2*1H;/q;;;;2*-1;;;+4/p-2. The zero-order valence-electron chi connectivity index (χ0n) is 25.3. The summed E-state index contributed by atoms with van der Waals surface area (Å²) in [6.07, 6.45) is 6.58. The first kappa shape index (κ1) is 43.4. The normalized spacial score (nSPS) is 34.6. The Labute approximate surface area is 282 Å². The average Bonchev–Trinajstić information content (AvgIpc) is 3.43. The predicted octanol–water partition coefficient (Wildman–Crippen LogP) is 13.2. The summed E-state index contributed by atoms with van der Waals surface area (Å²) in [5.74, 6) is 6.77. The van der Waals surface area contributed by atoms with Crippen LogP contribution in [0.5, 0.6) is 0 Å². The number of halogens is 6. The Morgan fingerprint density at radius 1 is 0.850 bits per heavy atom. The Kier molecular flexibility index (Phi) is 22.0. The van der Waals surface area contributed by atoms with E-state index in [0.717, 1.165) is 70.7 Å². The van der Waals surface area contributed by atoms with Crippen molar-refractivity contribution in [2.75, 3.05) is 0 Å². The molecule has 0 amide bonds. The first-order valence-corrected chi connectivity index (χ1v) is 21.7. The minimum atomic E-state index is -0.826. The molecule has 0 aromatic heterocycles. The summed E-state index contributed by atoms with van der Waals surface area (Å²) in [5, 5.41) is 0. The number of hydrogen-bond donors (Lipinski definition) is 0.